The van der Waals surface area contributed by atoms with E-state index in [0.29, 0.717) is 15.9 Å². The van der Waals surface area contributed by atoms with Crippen LogP contribution in [0.4, 0.5) is 18.9 Å². The molecule has 0 N–H and O–H groups in total. The first kappa shape index (κ1) is 16.5. The summed E-state index contributed by atoms with van der Waals surface area (Å²) in [6.07, 6.45) is 0. The van der Waals surface area contributed by atoms with Gasteiger partial charge in [0.2, 0.25) is 5.91 Å². The van der Waals surface area contributed by atoms with E-state index in [1.807, 2.05) is 0 Å². The number of fused-ring (bicyclic) bond motifs is 1. The molecule has 0 atom stereocenters. The zero-order valence-electron chi connectivity index (χ0n) is 11.3. The van der Waals surface area contributed by atoms with Gasteiger partial charge in [-0.15, -0.1) is 0 Å². The van der Waals surface area contributed by atoms with Gasteiger partial charge < -0.3 is 9.64 Å². The van der Waals surface area contributed by atoms with Crippen molar-refractivity contribution in [3.05, 3.63) is 22.7 Å². The van der Waals surface area contributed by atoms with Crippen LogP contribution in [0, 0.1) is 0 Å². The van der Waals surface area contributed by atoms with Crippen LogP contribution in [0.5, 0.6) is 5.75 Å². The van der Waals surface area contributed by atoms with Crippen molar-refractivity contribution in [2.75, 3.05) is 17.2 Å². The molecule has 1 aromatic rings. The van der Waals surface area contributed by atoms with Crippen LogP contribution in [0.2, 0.25) is 0 Å². The molecule has 0 unspecified atom stereocenters. The molecule has 0 saturated carbocycles. The molecule has 8 heteroatoms. The molecule has 0 bridgehead atoms. The lowest BCUT2D eigenvalue weighted by atomic mass is 10.1. The maximum atomic E-state index is 12.3. The number of hydrogen-bond donors (Lipinski definition) is 0. The van der Waals surface area contributed by atoms with Crippen molar-refractivity contribution in [1.29, 1.82) is 0 Å². The summed E-state index contributed by atoms with van der Waals surface area (Å²) in [6, 6.07) is 5.13. The normalized spacial score (nSPS) is 17.1. The summed E-state index contributed by atoms with van der Waals surface area (Å²) in [4.78, 5) is 13.5. The van der Waals surface area contributed by atoms with Gasteiger partial charge in [-0.2, -0.15) is 13.2 Å². The molecule has 116 valence electrons. The highest BCUT2D eigenvalue weighted by molar-refractivity contribution is 9.10. The van der Waals surface area contributed by atoms with E-state index in [1.54, 1.807) is 32.0 Å². The molecule has 0 radical (unpaired) electrons. The SMILES string of the molecule is CC1(C)CN(C(=O)CSC(F)(F)F)c2cccc(Br)c2O1. The minimum atomic E-state index is -4.42. The summed E-state index contributed by atoms with van der Waals surface area (Å²) >= 11 is 3.00. The van der Waals surface area contributed by atoms with Crippen molar-refractivity contribution >= 4 is 39.3 Å². The lowest BCUT2D eigenvalue weighted by molar-refractivity contribution is -0.117. The van der Waals surface area contributed by atoms with Crippen LogP contribution >= 0.6 is 27.7 Å². The quantitative estimate of drug-likeness (QED) is 0.765. The molecule has 0 saturated heterocycles. The Bertz CT molecular complexity index is 563. The van der Waals surface area contributed by atoms with E-state index in [0.717, 1.165) is 0 Å². The maximum absolute atomic E-state index is 12.3. The fraction of sp³-hybridized carbons (Fsp3) is 0.462. The smallest absolute Gasteiger partial charge is 0.442 e. The van der Waals surface area contributed by atoms with Crippen molar-refractivity contribution in [3.8, 4) is 5.75 Å². The van der Waals surface area contributed by atoms with Crippen LogP contribution in [0.15, 0.2) is 22.7 Å². The molecule has 1 aromatic carbocycles. The Morgan fingerprint density at radius 1 is 1.48 bits per heavy atom. The number of rotatable bonds is 2. The monoisotopic (exact) mass is 383 g/mol. The summed E-state index contributed by atoms with van der Waals surface area (Å²) in [6.45, 7) is 3.77. The van der Waals surface area contributed by atoms with E-state index in [4.69, 9.17) is 4.74 Å². The first-order valence-electron chi connectivity index (χ1n) is 6.08. The summed E-state index contributed by atoms with van der Waals surface area (Å²) in [5, 5.41) is 0. The molecule has 1 aliphatic heterocycles. The first-order valence-corrected chi connectivity index (χ1v) is 7.85. The van der Waals surface area contributed by atoms with E-state index >= 15 is 0 Å². The van der Waals surface area contributed by atoms with Gasteiger partial charge in [0, 0.05) is 0 Å². The maximum Gasteiger partial charge on any atom is 0.442 e. The third-order valence-corrected chi connectivity index (χ3v) is 4.16. The lowest BCUT2D eigenvalue weighted by Crippen LogP contribution is -2.50. The predicted octanol–water partition coefficient (Wildman–Crippen LogP) is 4.21. The molecule has 0 fully saturated rings. The van der Waals surface area contributed by atoms with Gasteiger partial charge in [-0.3, -0.25) is 4.79 Å². The van der Waals surface area contributed by atoms with Crippen molar-refractivity contribution in [2.24, 2.45) is 0 Å². The van der Waals surface area contributed by atoms with Gasteiger partial charge in [0.25, 0.3) is 0 Å². The van der Waals surface area contributed by atoms with Gasteiger partial charge in [0.1, 0.15) is 5.60 Å². The van der Waals surface area contributed by atoms with Crippen LogP contribution in [0.1, 0.15) is 13.8 Å². The molecule has 1 amide bonds. The van der Waals surface area contributed by atoms with Crippen LogP contribution in [0.3, 0.4) is 0 Å². The van der Waals surface area contributed by atoms with Crippen molar-refractivity contribution < 1.29 is 22.7 Å². The highest BCUT2D eigenvalue weighted by Crippen LogP contribution is 2.42. The predicted molar refractivity (Wildman–Crippen MR) is 79.7 cm³/mol. The number of amides is 1. The van der Waals surface area contributed by atoms with Gasteiger partial charge in [0.15, 0.2) is 5.75 Å². The molecule has 2 rings (SSSR count). The molecule has 3 nitrogen and oxygen atoms in total. The zero-order chi connectivity index (χ0) is 15.8. The Morgan fingerprint density at radius 2 is 2.14 bits per heavy atom. The topological polar surface area (TPSA) is 29.5 Å². The Morgan fingerprint density at radius 3 is 2.76 bits per heavy atom. The Labute approximate surface area is 133 Å². The second-order valence-corrected chi connectivity index (χ2v) is 7.06. The molecular weight excluding hydrogens is 371 g/mol. The number of alkyl halides is 3. The van der Waals surface area contributed by atoms with Gasteiger partial charge >= 0.3 is 5.51 Å². The number of para-hydroxylation sites is 1. The highest BCUT2D eigenvalue weighted by atomic mass is 79.9. The van der Waals surface area contributed by atoms with E-state index in [1.165, 1.54) is 4.90 Å². The Hall–Kier alpha value is -0.890. The number of nitrogens with zero attached hydrogens (tertiary/aromatic N) is 1. The first-order chi connectivity index (χ1) is 9.59. The summed E-state index contributed by atoms with van der Waals surface area (Å²) < 4.78 is 43.2. The summed E-state index contributed by atoms with van der Waals surface area (Å²) in [5.41, 5.74) is -4.61. The molecule has 0 aliphatic carbocycles. The fourth-order valence-corrected chi connectivity index (χ4v) is 2.91. The molecule has 1 aliphatic rings. The van der Waals surface area contributed by atoms with Gasteiger partial charge in [-0.25, -0.2) is 0 Å². The number of hydrogen-bond acceptors (Lipinski definition) is 3. The second kappa shape index (κ2) is 5.72. The number of ether oxygens (including phenoxy) is 1. The van der Waals surface area contributed by atoms with Crippen LogP contribution in [-0.4, -0.2) is 29.3 Å². The third-order valence-electron chi connectivity index (χ3n) is 2.81. The summed E-state index contributed by atoms with van der Waals surface area (Å²) in [5.74, 6) is -0.766. The lowest BCUT2D eigenvalue weighted by Gasteiger charge is -2.40. The second-order valence-electron chi connectivity index (χ2n) is 5.16. The van der Waals surface area contributed by atoms with E-state index < -0.39 is 22.8 Å². The van der Waals surface area contributed by atoms with Gasteiger partial charge in [-0.1, -0.05) is 6.07 Å². The highest BCUT2D eigenvalue weighted by Gasteiger charge is 2.37. The van der Waals surface area contributed by atoms with E-state index in [-0.39, 0.29) is 18.3 Å². The fourth-order valence-electron chi connectivity index (χ4n) is 2.03. The average molecular weight is 384 g/mol. The van der Waals surface area contributed by atoms with Crippen LogP contribution in [-0.2, 0) is 4.79 Å². The molecular formula is C13H13BrF3NO2S. The van der Waals surface area contributed by atoms with E-state index in [9.17, 15) is 18.0 Å². The number of carbonyl (C=O) groups excluding carboxylic acids is 1. The zero-order valence-corrected chi connectivity index (χ0v) is 13.7. The van der Waals surface area contributed by atoms with Crippen molar-refractivity contribution in [2.45, 2.75) is 25.0 Å². The average Bonchev–Trinajstić information content (AvgIpc) is 2.35. The van der Waals surface area contributed by atoms with Gasteiger partial charge in [-0.05, 0) is 53.7 Å². The number of thioether (sulfide) groups is 1. The number of anilines is 1. The van der Waals surface area contributed by atoms with Crippen LogP contribution in [0.25, 0.3) is 0 Å². The largest absolute Gasteiger partial charge is 0.483 e. The Balaban J connectivity index is 2.28. The van der Waals surface area contributed by atoms with Crippen molar-refractivity contribution in [1.82, 2.24) is 0 Å². The minimum Gasteiger partial charge on any atom is -0.483 e. The number of benzene rings is 1. The standard InChI is InChI=1S/C13H13BrF3NO2S/c1-12(2)7-18(10(19)6-21-13(15,16)17)9-5-3-4-8(14)11(9)20-12/h3-5H,6-7H2,1-2H3. The summed E-state index contributed by atoms with van der Waals surface area (Å²) in [7, 11) is 0. The number of carbonyl (C=O) groups is 1. The van der Waals surface area contributed by atoms with Gasteiger partial charge in [0.05, 0.1) is 22.5 Å². The number of halogens is 4. The van der Waals surface area contributed by atoms with Crippen molar-refractivity contribution in [3.63, 3.8) is 0 Å². The Kier molecular flexibility index (Phi) is 4.49. The molecule has 1 heterocycles. The van der Waals surface area contributed by atoms with Crippen LogP contribution < -0.4 is 9.64 Å². The minimum absolute atomic E-state index is 0.202. The third kappa shape index (κ3) is 4.06. The molecule has 0 aromatic heterocycles. The van der Waals surface area contributed by atoms with E-state index in [2.05, 4.69) is 15.9 Å². The molecule has 21 heavy (non-hydrogen) atoms. The molecule has 0 spiro atoms.